The number of hydrogen-bond donors (Lipinski definition) is 0. The maximum atomic E-state index is 13.2. The van der Waals surface area contributed by atoms with Crippen LogP contribution in [0.2, 0.25) is 5.02 Å². The van der Waals surface area contributed by atoms with E-state index < -0.39 is 0 Å². The summed E-state index contributed by atoms with van der Waals surface area (Å²) in [5.41, 5.74) is 1.00. The zero-order valence-electron chi connectivity index (χ0n) is 8.93. The SMILES string of the molecule is CCC(Br)C(C)Cc1ccc(Cl)c(F)c1. The van der Waals surface area contributed by atoms with Gasteiger partial charge in [0, 0.05) is 4.83 Å². The fraction of sp³-hybridized carbons (Fsp3) is 0.500. The van der Waals surface area contributed by atoms with Crippen molar-refractivity contribution in [3.63, 3.8) is 0 Å². The highest BCUT2D eigenvalue weighted by atomic mass is 79.9. The van der Waals surface area contributed by atoms with Crippen LogP contribution < -0.4 is 0 Å². The highest BCUT2D eigenvalue weighted by Gasteiger charge is 2.13. The Morgan fingerprint density at radius 2 is 2.13 bits per heavy atom. The van der Waals surface area contributed by atoms with E-state index in [0.717, 1.165) is 18.4 Å². The fourth-order valence-electron chi connectivity index (χ4n) is 1.57. The van der Waals surface area contributed by atoms with Gasteiger partial charge in [0.05, 0.1) is 5.02 Å². The summed E-state index contributed by atoms with van der Waals surface area (Å²) in [5.74, 6) is 0.166. The molecule has 0 spiro atoms. The largest absolute Gasteiger partial charge is 0.205 e. The van der Waals surface area contributed by atoms with E-state index in [9.17, 15) is 4.39 Å². The Hall–Kier alpha value is -0.0800. The fourth-order valence-corrected chi connectivity index (χ4v) is 1.87. The third kappa shape index (κ3) is 3.76. The standard InChI is InChI=1S/C12H15BrClF/c1-3-10(13)8(2)6-9-4-5-11(14)12(15)7-9/h4-5,7-8,10H,3,6H2,1-2H3. The predicted molar refractivity (Wildman–Crippen MR) is 67.3 cm³/mol. The van der Waals surface area contributed by atoms with Gasteiger partial charge in [0.15, 0.2) is 0 Å². The Balaban J connectivity index is 2.68. The van der Waals surface area contributed by atoms with Crippen molar-refractivity contribution in [2.24, 2.45) is 5.92 Å². The summed E-state index contributed by atoms with van der Waals surface area (Å²) >= 11 is 9.24. The quantitative estimate of drug-likeness (QED) is 0.697. The molecular weight excluding hydrogens is 278 g/mol. The van der Waals surface area contributed by atoms with E-state index in [0.29, 0.717) is 10.7 Å². The van der Waals surface area contributed by atoms with Crippen LogP contribution in [0.3, 0.4) is 0 Å². The second-order valence-electron chi connectivity index (χ2n) is 3.85. The van der Waals surface area contributed by atoms with Gasteiger partial charge in [0.25, 0.3) is 0 Å². The van der Waals surface area contributed by atoms with Gasteiger partial charge in [-0.2, -0.15) is 0 Å². The third-order valence-corrected chi connectivity index (χ3v) is 4.41. The Labute approximate surface area is 104 Å². The van der Waals surface area contributed by atoms with Crippen molar-refractivity contribution in [2.45, 2.75) is 31.5 Å². The molecule has 0 amide bonds. The first-order valence-electron chi connectivity index (χ1n) is 5.12. The molecule has 0 aliphatic carbocycles. The molecule has 0 nitrogen and oxygen atoms in total. The molecule has 15 heavy (non-hydrogen) atoms. The van der Waals surface area contributed by atoms with Crippen LogP contribution >= 0.6 is 27.5 Å². The average molecular weight is 294 g/mol. The van der Waals surface area contributed by atoms with Crippen molar-refractivity contribution in [1.29, 1.82) is 0 Å². The second kappa shape index (κ2) is 5.86. The summed E-state index contributed by atoms with van der Waals surface area (Å²) < 4.78 is 13.2. The lowest BCUT2D eigenvalue weighted by Gasteiger charge is -2.16. The first-order chi connectivity index (χ1) is 7.04. The van der Waals surface area contributed by atoms with Crippen molar-refractivity contribution < 1.29 is 4.39 Å². The molecule has 1 aromatic rings. The third-order valence-electron chi connectivity index (χ3n) is 2.55. The molecule has 0 fully saturated rings. The van der Waals surface area contributed by atoms with Gasteiger partial charge in [0.1, 0.15) is 5.82 Å². The minimum atomic E-state index is -0.330. The summed E-state index contributed by atoms with van der Waals surface area (Å²) in [6.45, 7) is 4.30. The molecule has 84 valence electrons. The minimum Gasteiger partial charge on any atom is -0.205 e. The van der Waals surface area contributed by atoms with Crippen LogP contribution in [0, 0.1) is 11.7 Å². The number of alkyl halides is 1. The number of benzene rings is 1. The maximum absolute atomic E-state index is 13.2. The molecule has 0 bridgehead atoms. The van der Waals surface area contributed by atoms with E-state index in [1.807, 2.05) is 6.07 Å². The molecule has 0 saturated carbocycles. The normalized spacial score (nSPS) is 15.0. The molecule has 0 aliphatic heterocycles. The Bertz CT molecular complexity index is 327. The van der Waals surface area contributed by atoms with Gasteiger partial charge in [-0.25, -0.2) is 4.39 Å². The Morgan fingerprint density at radius 3 is 2.67 bits per heavy atom. The summed E-state index contributed by atoms with van der Waals surface area (Å²) in [7, 11) is 0. The van der Waals surface area contributed by atoms with Gasteiger partial charge < -0.3 is 0 Å². The second-order valence-corrected chi connectivity index (χ2v) is 5.44. The van der Waals surface area contributed by atoms with Crippen LogP contribution in [0.1, 0.15) is 25.8 Å². The zero-order valence-corrected chi connectivity index (χ0v) is 11.3. The van der Waals surface area contributed by atoms with Crippen LogP contribution in [-0.4, -0.2) is 4.83 Å². The smallest absolute Gasteiger partial charge is 0.142 e. The predicted octanol–water partition coefficient (Wildman–Crippen LogP) is 4.83. The van der Waals surface area contributed by atoms with Gasteiger partial charge in [-0.15, -0.1) is 0 Å². The van der Waals surface area contributed by atoms with Crippen molar-refractivity contribution in [1.82, 2.24) is 0 Å². The highest BCUT2D eigenvalue weighted by molar-refractivity contribution is 9.09. The van der Waals surface area contributed by atoms with Crippen molar-refractivity contribution >= 4 is 27.5 Å². The van der Waals surface area contributed by atoms with Gasteiger partial charge in [-0.05, 0) is 36.5 Å². The molecular formula is C12H15BrClF. The first-order valence-corrected chi connectivity index (χ1v) is 6.42. The van der Waals surface area contributed by atoms with E-state index in [4.69, 9.17) is 11.6 Å². The van der Waals surface area contributed by atoms with Crippen LogP contribution in [-0.2, 0) is 6.42 Å². The van der Waals surface area contributed by atoms with Gasteiger partial charge in [0.2, 0.25) is 0 Å². The van der Waals surface area contributed by atoms with Crippen molar-refractivity contribution in [3.05, 3.63) is 34.6 Å². The monoisotopic (exact) mass is 292 g/mol. The van der Waals surface area contributed by atoms with E-state index in [1.54, 1.807) is 6.07 Å². The van der Waals surface area contributed by atoms with Gasteiger partial charge >= 0.3 is 0 Å². The topological polar surface area (TPSA) is 0 Å². The van der Waals surface area contributed by atoms with E-state index in [1.165, 1.54) is 6.07 Å². The van der Waals surface area contributed by atoms with Crippen molar-refractivity contribution in [2.75, 3.05) is 0 Å². The van der Waals surface area contributed by atoms with E-state index in [-0.39, 0.29) is 10.8 Å². The summed E-state index contributed by atoms with van der Waals surface area (Å²) in [4.78, 5) is 0.483. The Kier molecular flexibility index (Phi) is 5.07. The highest BCUT2D eigenvalue weighted by Crippen LogP contribution is 2.22. The van der Waals surface area contributed by atoms with Crippen LogP contribution in [0.4, 0.5) is 4.39 Å². The molecule has 0 radical (unpaired) electrons. The zero-order chi connectivity index (χ0) is 11.4. The number of hydrogen-bond acceptors (Lipinski definition) is 0. The lowest BCUT2D eigenvalue weighted by Crippen LogP contribution is -2.12. The number of halogens is 3. The lowest BCUT2D eigenvalue weighted by molar-refractivity contribution is 0.542. The molecule has 1 rings (SSSR count). The van der Waals surface area contributed by atoms with Crippen molar-refractivity contribution in [3.8, 4) is 0 Å². The number of rotatable bonds is 4. The van der Waals surface area contributed by atoms with Crippen LogP contribution in [0.5, 0.6) is 0 Å². The van der Waals surface area contributed by atoms with Crippen LogP contribution in [0.15, 0.2) is 18.2 Å². The molecule has 1 aromatic carbocycles. The summed E-state index contributed by atoms with van der Waals surface area (Å²) in [5, 5.41) is 0.192. The van der Waals surface area contributed by atoms with Crippen LogP contribution in [0.25, 0.3) is 0 Å². The van der Waals surface area contributed by atoms with Gasteiger partial charge in [-0.1, -0.05) is 47.4 Å². The molecule has 0 aromatic heterocycles. The van der Waals surface area contributed by atoms with E-state index >= 15 is 0 Å². The lowest BCUT2D eigenvalue weighted by atomic mass is 9.97. The maximum Gasteiger partial charge on any atom is 0.142 e. The molecule has 3 heteroatoms. The van der Waals surface area contributed by atoms with Gasteiger partial charge in [-0.3, -0.25) is 0 Å². The molecule has 0 N–H and O–H groups in total. The molecule has 0 saturated heterocycles. The Morgan fingerprint density at radius 1 is 1.47 bits per heavy atom. The minimum absolute atomic E-state index is 0.192. The summed E-state index contributed by atoms with van der Waals surface area (Å²) in [6.07, 6.45) is 1.95. The van der Waals surface area contributed by atoms with E-state index in [2.05, 4.69) is 29.8 Å². The summed E-state index contributed by atoms with van der Waals surface area (Å²) in [6, 6.07) is 5.03. The average Bonchev–Trinajstić information content (AvgIpc) is 2.22. The molecule has 2 unspecified atom stereocenters. The first kappa shape index (κ1) is 13.0. The molecule has 0 heterocycles. The molecule has 0 aliphatic rings. The molecule has 2 atom stereocenters.